The summed E-state index contributed by atoms with van der Waals surface area (Å²) in [5.74, 6) is 0.581. The molecule has 2 aromatic rings. The highest BCUT2D eigenvalue weighted by Crippen LogP contribution is 2.21. The van der Waals surface area contributed by atoms with Crippen LogP contribution >= 0.6 is 12.2 Å². The Morgan fingerprint density at radius 3 is 2.33 bits per heavy atom. The van der Waals surface area contributed by atoms with Gasteiger partial charge in [-0.15, -0.1) is 0 Å². The van der Waals surface area contributed by atoms with Gasteiger partial charge in [0, 0.05) is 5.56 Å². The van der Waals surface area contributed by atoms with Crippen molar-refractivity contribution in [2.45, 2.75) is 4.90 Å². The number of benzene rings is 2. The number of para-hydroxylation sites is 1. The van der Waals surface area contributed by atoms with Crippen molar-refractivity contribution in [3.8, 4) is 5.75 Å². The van der Waals surface area contributed by atoms with Crippen molar-refractivity contribution in [1.29, 1.82) is 0 Å². The number of anilines is 1. The third kappa shape index (κ3) is 3.50. The van der Waals surface area contributed by atoms with E-state index in [-0.39, 0.29) is 9.88 Å². The quantitative estimate of drug-likeness (QED) is 0.824. The maximum absolute atomic E-state index is 12.3. The number of hydrogen-bond donors (Lipinski definition) is 2. The second-order valence-electron chi connectivity index (χ2n) is 4.19. The fourth-order valence-electron chi connectivity index (χ4n) is 1.75. The van der Waals surface area contributed by atoms with Crippen LogP contribution in [0.1, 0.15) is 5.56 Å². The molecule has 0 atom stereocenters. The molecule has 7 heteroatoms. The molecule has 0 fully saturated rings. The Bertz CT molecular complexity index is 756. The number of sulfonamides is 1. The summed E-state index contributed by atoms with van der Waals surface area (Å²) in [6.45, 7) is 0. The van der Waals surface area contributed by atoms with Gasteiger partial charge < -0.3 is 10.5 Å². The van der Waals surface area contributed by atoms with E-state index >= 15 is 0 Å². The molecule has 3 N–H and O–H groups in total. The second kappa shape index (κ2) is 6.11. The Labute approximate surface area is 128 Å². The first kappa shape index (κ1) is 15.3. The molecular formula is C14H14N2O3S2. The Balaban J connectivity index is 2.35. The molecule has 110 valence electrons. The van der Waals surface area contributed by atoms with Crippen molar-refractivity contribution in [3.05, 3.63) is 54.1 Å². The molecule has 0 saturated carbocycles. The highest BCUT2D eigenvalue weighted by Gasteiger charge is 2.16. The van der Waals surface area contributed by atoms with Gasteiger partial charge in [-0.1, -0.05) is 24.4 Å². The van der Waals surface area contributed by atoms with Crippen LogP contribution in [0, 0.1) is 0 Å². The lowest BCUT2D eigenvalue weighted by atomic mass is 10.2. The Morgan fingerprint density at radius 2 is 1.76 bits per heavy atom. The van der Waals surface area contributed by atoms with Gasteiger partial charge in [0.1, 0.15) is 10.7 Å². The van der Waals surface area contributed by atoms with Crippen LogP contribution in [-0.4, -0.2) is 20.5 Å². The molecule has 0 aliphatic heterocycles. The molecule has 0 bridgehead atoms. The lowest BCUT2D eigenvalue weighted by Crippen LogP contribution is -2.18. The van der Waals surface area contributed by atoms with Gasteiger partial charge in [-0.3, -0.25) is 4.72 Å². The van der Waals surface area contributed by atoms with Gasteiger partial charge >= 0.3 is 0 Å². The number of ether oxygens (including phenoxy) is 1. The number of nitrogens with two attached hydrogens (primary N) is 1. The largest absolute Gasteiger partial charge is 0.497 e. The van der Waals surface area contributed by atoms with Gasteiger partial charge in [-0.25, -0.2) is 8.42 Å². The standard InChI is InChI=1S/C14H14N2O3S2/c1-19-10-6-8-11(9-7-10)21(17,18)16-13-5-3-2-4-12(13)14(15)20/h2-9,16H,1H3,(H2,15,20). The van der Waals surface area contributed by atoms with E-state index in [2.05, 4.69) is 4.72 Å². The van der Waals surface area contributed by atoms with Gasteiger partial charge in [0.2, 0.25) is 0 Å². The maximum atomic E-state index is 12.3. The molecule has 0 aliphatic carbocycles. The van der Waals surface area contributed by atoms with Gasteiger partial charge in [-0.2, -0.15) is 0 Å². The van der Waals surface area contributed by atoms with E-state index in [1.165, 1.54) is 19.2 Å². The van der Waals surface area contributed by atoms with Crippen molar-refractivity contribution >= 4 is 32.9 Å². The summed E-state index contributed by atoms with van der Waals surface area (Å²) in [5, 5.41) is 0. The summed E-state index contributed by atoms with van der Waals surface area (Å²) in [6, 6.07) is 12.8. The van der Waals surface area contributed by atoms with E-state index in [1.54, 1.807) is 36.4 Å². The van der Waals surface area contributed by atoms with E-state index in [9.17, 15) is 8.42 Å². The van der Waals surface area contributed by atoms with Crippen LogP contribution < -0.4 is 15.2 Å². The molecule has 2 aromatic carbocycles. The van der Waals surface area contributed by atoms with Crippen molar-refractivity contribution < 1.29 is 13.2 Å². The first-order valence-corrected chi connectivity index (χ1v) is 7.89. The number of thiocarbonyl (C=S) groups is 1. The minimum Gasteiger partial charge on any atom is -0.497 e. The third-order valence-corrected chi connectivity index (χ3v) is 4.41. The minimum absolute atomic E-state index is 0.126. The summed E-state index contributed by atoms with van der Waals surface area (Å²) in [6.07, 6.45) is 0. The number of rotatable bonds is 5. The van der Waals surface area contributed by atoms with Crippen molar-refractivity contribution in [3.63, 3.8) is 0 Å². The lowest BCUT2D eigenvalue weighted by molar-refractivity contribution is 0.414. The highest BCUT2D eigenvalue weighted by molar-refractivity contribution is 7.92. The molecule has 0 aliphatic rings. The van der Waals surface area contributed by atoms with E-state index in [4.69, 9.17) is 22.7 Å². The van der Waals surface area contributed by atoms with Gasteiger partial charge in [0.15, 0.2) is 0 Å². The number of methoxy groups -OCH3 is 1. The van der Waals surface area contributed by atoms with Crippen molar-refractivity contribution in [1.82, 2.24) is 0 Å². The fraction of sp³-hybridized carbons (Fsp3) is 0.0714. The highest BCUT2D eigenvalue weighted by atomic mass is 32.2. The number of nitrogens with one attached hydrogen (secondary N) is 1. The van der Waals surface area contributed by atoms with Gasteiger partial charge in [0.05, 0.1) is 17.7 Å². The molecule has 0 spiro atoms. The SMILES string of the molecule is COc1ccc(S(=O)(=O)Nc2ccccc2C(N)=S)cc1. The molecular weight excluding hydrogens is 308 g/mol. The van der Waals surface area contributed by atoms with E-state index < -0.39 is 10.0 Å². The average Bonchev–Trinajstić information content (AvgIpc) is 2.47. The zero-order chi connectivity index (χ0) is 15.5. The van der Waals surface area contributed by atoms with Crippen LogP contribution in [0.3, 0.4) is 0 Å². The summed E-state index contributed by atoms with van der Waals surface area (Å²) in [4.78, 5) is 0.254. The van der Waals surface area contributed by atoms with Gasteiger partial charge in [0.25, 0.3) is 10.0 Å². The molecule has 5 nitrogen and oxygen atoms in total. The minimum atomic E-state index is -3.72. The Morgan fingerprint density at radius 1 is 1.14 bits per heavy atom. The van der Waals surface area contributed by atoms with Crippen LogP contribution in [0.5, 0.6) is 5.75 Å². The normalized spacial score (nSPS) is 10.9. The zero-order valence-electron chi connectivity index (χ0n) is 11.2. The average molecular weight is 322 g/mol. The van der Waals surface area contributed by atoms with E-state index in [0.29, 0.717) is 17.0 Å². The molecule has 21 heavy (non-hydrogen) atoms. The summed E-state index contributed by atoms with van der Waals surface area (Å²) >= 11 is 4.91. The third-order valence-electron chi connectivity index (χ3n) is 2.81. The molecule has 0 heterocycles. The molecule has 0 radical (unpaired) electrons. The molecule has 0 aromatic heterocycles. The first-order valence-electron chi connectivity index (χ1n) is 6.00. The van der Waals surface area contributed by atoms with Crippen LogP contribution in [0.4, 0.5) is 5.69 Å². The molecule has 0 amide bonds. The number of hydrogen-bond acceptors (Lipinski definition) is 4. The smallest absolute Gasteiger partial charge is 0.261 e. The fourth-order valence-corrected chi connectivity index (χ4v) is 3.00. The monoisotopic (exact) mass is 322 g/mol. The van der Waals surface area contributed by atoms with Crippen LogP contribution in [-0.2, 0) is 10.0 Å². The molecule has 0 saturated heterocycles. The van der Waals surface area contributed by atoms with E-state index in [1.807, 2.05) is 0 Å². The Kier molecular flexibility index (Phi) is 4.44. The van der Waals surface area contributed by atoms with Crippen molar-refractivity contribution in [2.24, 2.45) is 5.73 Å². The van der Waals surface area contributed by atoms with Crippen LogP contribution in [0.2, 0.25) is 0 Å². The van der Waals surface area contributed by atoms with Crippen LogP contribution in [0.15, 0.2) is 53.4 Å². The summed E-state index contributed by atoms with van der Waals surface area (Å²) < 4.78 is 32.2. The topological polar surface area (TPSA) is 81.4 Å². The predicted molar refractivity (Wildman–Crippen MR) is 86.1 cm³/mol. The summed E-state index contributed by atoms with van der Waals surface area (Å²) in [5.41, 5.74) is 6.41. The predicted octanol–water partition coefficient (Wildman–Crippen LogP) is 2.13. The van der Waals surface area contributed by atoms with Crippen LogP contribution in [0.25, 0.3) is 0 Å². The molecule has 0 unspecified atom stereocenters. The zero-order valence-corrected chi connectivity index (χ0v) is 12.9. The van der Waals surface area contributed by atoms with E-state index in [0.717, 1.165) is 0 Å². The summed E-state index contributed by atoms with van der Waals surface area (Å²) in [7, 11) is -2.20. The van der Waals surface area contributed by atoms with Gasteiger partial charge in [-0.05, 0) is 36.4 Å². The first-order chi connectivity index (χ1) is 9.94. The lowest BCUT2D eigenvalue weighted by Gasteiger charge is -2.12. The Hall–Kier alpha value is -2.12. The van der Waals surface area contributed by atoms with Crippen molar-refractivity contribution in [2.75, 3.05) is 11.8 Å². The second-order valence-corrected chi connectivity index (χ2v) is 6.31. The maximum Gasteiger partial charge on any atom is 0.261 e. The molecule has 2 rings (SSSR count).